The summed E-state index contributed by atoms with van der Waals surface area (Å²) in [6.07, 6.45) is 7.67. The predicted molar refractivity (Wildman–Crippen MR) is 101 cm³/mol. The normalized spacial score (nSPS) is 19.8. The molecule has 0 saturated carbocycles. The molecule has 2 aromatic heterocycles. The predicted octanol–water partition coefficient (Wildman–Crippen LogP) is 3.45. The first kappa shape index (κ1) is 17.4. The molecule has 1 amide bonds. The van der Waals surface area contributed by atoms with E-state index in [1.165, 1.54) is 30.7 Å². The van der Waals surface area contributed by atoms with Crippen LogP contribution >= 0.6 is 0 Å². The zero-order valence-corrected chi connectivity index (χ0v) is 15.7. The number of carbonyl (C=O) groups is 1. The van der Waals surface area contributed by atoms with Crippen molar-refractivity contribution >= 4 is 16.9 Å². The SMILES string of the molecule is O=C(Cc1noc2ccc(F)cc12)N1CCC[C@H](c2ncc3n2CCCC3)C1. The van der Waals surface area contributed by atoms with Crippen molar-refractivity contribution in [1.29, 1.82) is 0 Å². The van der Waals surface area contributed by atoms with Crippen LogP contribution in [0.5, 0.6) is 0 Å². The molecule has 4 heterocycles. The molecule has 0 spiro atoms. The van der Waals surface area contributed by atoms with Crippen LogP contribution in [-0.2, 0) is 24.2 Å². The molecule has 1 saturated heterocycles. The second-order valence-corrected chi connectivity index (χ2v) is 7.84. The number of aromatic nitrogens is 3. The Balaban J connectivity index is 1.32. The van der Waals surface area contributed by atoms with Crippen molar-refractivity contribution < 1.29 is 13.7 Å². The highest BCUT2D eigenvalue weighted by Crippen LogP contribution is 2.29. The van der Waals surface area contributed by atoms with Crippen molar-refractivity contribution in [2.24, 2.45) is 0 Å². The zero-order valence-electron chi connectivity index (χ0n) is 15.7. The number of hydrogen-bond donors (Lipinski definition) is 0. The zero-order chi connectivity index (χ0) is 19.1. The van der Waals surface area contributed by atoms with Crippen molar-refractivity contribution in [1.82, 2.24) is 19.6 Å². The summed E-state index contributed by atoms with van der Waals surface area (Å²) in [5.41, 5.74) is 2.32. The van der Waals surface area contributed by atoms with Crippen LogP contribution in [-0.4, -0.2) is 38.6 Å². The maximum atomic E-state index is 13.6. The van der Waals surface area contributed by atoms with E-state index >= 15 is 0 Å². The minimum absolute atomic E-state index is 0.00887. The van der Waals surface area contributed by atoms with Gasteiger partial charge in [-0.15, -0.1) is 0 Å². The molecule has 7 heteroatoms. The third-order valence-electron chi connectivity index (χ3n) is 6.00. The molecule has 6 nitrogen and oxygen atoms in total. The smallest absolute Gasteiger partial charge is 0.228 e. The molecule has 0 bridgehead atoms. The summed E-state index contributed by atoms with van der Waals surface area (Å²) < 4.78 is 21.1. The van der Waals surface area contributed by atoms with Gasteiger partial charge in [0.15, 0.2) is 5.58 Å². The summed E-state index contributed by atoms with van der Waals surface area (Å²) in [6.45, 7) is 2.46. The molecule has 0 aliphatic carbocycles. The van der Waals surface area contributed by atoms with Crippen LogP contribution in [0.25, 0.3) is 11.0 Å². The molecule has 3 aromatic rings. The Labute approximate surface area is 162 Å². The van der Waals surface area contributed by atoms with Gasteiger partial charge < -0.3 is 14.0 Å². The second-order valence-electron chi connectivity index (χ2n) is 7.84. The van der Waals surface area contributed by atoms with Gasteiger partial charge in [0.05, 0.1) is 6.42 Å². The van der Waals surface area contributed by atoms with Crippen molar-refractivity contribution in [2.75, 3.05) is 13.1 Å². The van der Waals surface area contributed by atoms with E-state index in [-0.39, 0.29) is 24.1 Å². The number of carbonyl (C=O) groups excluding carboxylic acids is 1. The third kappa shape index (κ3) is 3.08. The number of halogens is 1. The minimum Gasteiger partial charge on any atom is -0.356 e. The molecule has 0 N–H and O–H groups in total. The maximum Gasteiger partial charge on any atom is 0.228 e. The van der Waals surface area contributed by atoms with E-state index in [0.717, 1.165) is 38.2 Å². The molecule has 2 aliphatic heterocycles. The Morgan fingerprint density at radius 1 is 1.25 bits per heavy atom. The monoisotopic (exact) mass is 382 g/mol. The van der Waals surface area contributed by atoms with Crippen molar-refractivity contribution in [3.8, 4) is 0 Å². The number of nitrogens with zero attached hydrogens (tertiary/aromatic N) is 4. The number of piperidine rings is 1. The summed E-state index contributed by atoms with van der Waals surface area (Å²) in [5.74, 6) is 1.05. The van der Waals surface area contributed by atoms with E-state index in [9.17, 15) is 9.18 Å². The first-order valence-electron chi connectivity index (χ1n) is 10.0. The van der Waals surface area contributed by atoms with Gasteiger partial charge in [0.1, 0.15) is 17.3 Å². The first-order valence-corrected chi connectivity index (χ1v) is 10.0. The lowest BCUT2D eigenvalue weighted by Gasteiger charge is -2.33. The fourth-order valence-corrected chi connectivity index (χ4v) is 4.54. The standard InChI is InChI=1S/C21H23FN4O2/c22-15-6-7-19-17(10-15)18(24-28-19)11-20(27)25-8-3-4-14(13-25)21-23-12-16-5-1-2-9-26(16)21/h6-7,10,12,14H,1-5,8-9,11,13H2/t14-/m0/s1. The van der Waals surface area contributed by atoms with Crippen LogP contribution in [0.3, 0.4) is 0 Å². The molecular weight excluding hydrogens is 359 g/mol. The van der Waals surface area contributed by atoms with E-state index in [1.807, 2.05) is 11.1 Å². The van der Waals surface area contributed by atoms with E-state index in [2.05, 4.69) is 9.72 Å². The molecule has 0 unspecified atom stereocenters. The third-order valence-corrected chi connectivity index (χ3v) is 6.00. The van der Waals surface area contributed by atoms with E-state index in [0.29, 0.717) is 23.2 Å². The molecule has 1 atom stereocenters. The van der Waals surface area contributed by atoms with Gasteiger partial charge >= 0.3 is 0 Å². The van der Waals surface area contributed by atoms with Crippen LogP contribution in [0.2, 0.25) is 0 Å². The lowest BCUT2D eigenvalue weighted by molar-refractivity contribution is -0.131. The van der Waals surface area contributed by atoms with E-state index in [1.54, 1.807) is 6.07 Å². The van der Waals surface area contributed by atoms with Crippen LogP contribution in [0.1, 0.15) is 48.8 Å². The van der Waals surface area contributed by atoms with E-state index < -0.39 is 0 Å². The number of amides is 1. The lowest BCUT2D eigenvalue weighted by Crippen LogP contribution is -2.40. The van der Waals surface area contributed by atoms with Gasteiger partial charge in [-0.25, -0.2) is 9.37 Å². The Kier molecular flexibility index (Phi) is 4.37. The van der Waals surface area contributed by atoms with Gasteiger partial charge in [-0.2, -0.15) is 0 Å². The Bertz CT molecular complexity index is 1020. The van der Waals surface area contributed by atoms with Crippen LogP contribution in [0, 0.1) is 5.82 Å². The fraction of sp³-hybridized carbons (Fsp3) is 0.476. The summed E-state index contributed by atoms with van der Waals surface area (Å²) >= 11 is 0. The number of benzene rings is 1. The van der Waals surface area contributed by atoms with Crippen LogP contribution in [0.15, 0.2) is 28.9 Å². The summed E-state index contributed by atoms with van der Waals surface area (Å²) in [5, 5.41) is 4.57. The molecule has 2 aliphatic rings. The number of aryl methyl sites for hydroxylation is 1. The van der Waals surface area contributed by atoms with Crippen LogP contribution in [0.4, 0.5) is 4.39 Å². The van der Waals surface area contributed by atoms with Gasteiger partial charge in [-0.05, 0) is 50.3 Å². The maximum absolute atomic E-state index is 13.6. The van der Waals surface area contributed by atoms with Crippen molar-refractivity contribution in [2.45, 2.75) is 51.0 Å². The van der Waals surface area contributed by atoms with Gasteiger partial charge in [-0.1, -0.05) is 5.16 Å². The lowest BCUT2D eigenvalue weighted by atomic mass is 9.96. The van der Waals surface area contributed by atoms with Crippen molar-refractivity contribution in [3.63, 3.8) is 0 Å². The molecule has 28 heavy (non-hydrogen) atoms. The number of rotatable bonds is 3. The van der Waals surface area contributed by atoms with Gasteiger partial charge in [0.2, 0.25) is 5.91 Å². The van der Waals surface area contributed by atoms with Gasteiger partial charge in [0.25, 0.3) is 0 Å². The highest BCUT2D eigenvalue weighted by molar-refractivity contribution is 5.86. The summed E-state index contributed by atoms with van der Waals surface area (Å²) in [6, 6.07) is 4.26. The first-order chi connectivity index (χ1) is 13.7. The molecule has 1 aromatic carbocycles. The highest BCUT2D eigenvalue weighted by atomic mass is 19.1. The largest absolute Gasteiger partial charge is 0.356 e. The average molecular weight is 382 g/mol. The van der Waals surface area contributed by atoms with Crippen molar-refractivity contribution in [3.05, 3.63) is 47.4 Å². The molecule has 1 fully saturated rings. The number of likely N-dealkylation sites (tertiary alicyclic amines) is 1. The Morgan fingerprint density at radius 2 is 2.18 bits per heavy atom. The highest BCUT2D eigenvalue weighted by Gasteiger charge is 2.29. The number of fused-ring (bicyclic) bond motifs is 2. The Morgan fingerprint density at radius 3 is 3.11 bits per heavy atom. The number of hydrogen-bond acceptors (Lipinski definition) is 4. The number of imidazole rings is 1. The van der Waals surface area contributed by atoms with Gasteiger partial charge in [0, 0.05) is 42.8 Å². The molecular formula is C21H23FN4O2. The molecule has 0 radical (unpaired) electrons. The Hall–Kier alpha value is -2.70. The van der Waals surface area contributed by atoms with Gasteiger partial charge in [-0.3, -0.25) is 4.79 Å². The molecule has 146 valence electrons. The van der Waals surface area contributed by atoms with E-state index in [4.69, 9.17) is 9.51 Å². The quantitative estimate of drug-likeness (QED) is 0.696. The van der Waals surface area contributed by atoms with Crippen LogP contribution < -0.4 is 0 Å². The topological polar surface area (TPSA) is 64.2 Å². The second kappa shape index (κ2) is 7.04. The molecule has 5 rings (SSSR count). The summed E-state index contributed by atoms with van der Waals surface area (Å²) in [4.78, 5) is 19.5. The fourth-order valence-electron chi connectivity index (χ4n) is 4.54. The minimum atomic E-state index is -0.355. The summed E-state index contributed by atoms with van der Waals surface area (Å²) in [7, 11) is 0. The average Bonchev–Trinajstić information content (AvgIpc) is 3.32.